The number of pyridine rings is 1. The van der Waals surface area contributed by atoms with E-state index in [0.29, 0.717) is 12.6 Å². The Morgan fingerprint density at radius 2 is 2.12 bits per heavy atom. The van der Waals surface area contributed by atoms with Crippen molar-refractivity contribution in [1.29, 1.82) is 0 Å². The maximum atomic E-state index is 9.20. The van der Waals surface area contributed by atoms with Crippen LogP contribution in [-0.2, 0) is 0 Å². The molecule has 1 aromatic rings. The van der Waals surface area contributed by atoms with Gasteiger partial charge >= 0.3 is 0 Å². The van der Waals surface area contributed by atoms with Gasteiger partial charge in [-0.1, -0.05) is 19.3 Å². The molecule has 1 heterocycles. The van der Waals surface area contributed by atoms with E-state index in [-0.39, 0.29) is 6.61 Å². The minimum Gasteiger partial charge on any atom is -0.399 e. The molecule has 0 amide bonds. The van der Waals surface area contributed by atoms with E-state index >= 15 is 0 Å². The summed E-state index contributed by atoms with van der Waals surface area (Å²) >= 11 is 0. The molecule has 94 valence electrons. The topological polar surface area (TPSA) is 62.4 Å². The zero-order chi connectivity index (χ0) is 12.1. The monoisotopic (exact) mass is 235 g/mol. The van der Waals surface area contributed by atoms with Gasteiger partial charge in [0.2, 0.25) is 0 Å². The molecule has 4 nitrogen and oxygen atoms in total. The number of anilines is 2. The molecule has 1 aromatic heterocycles. The molecule has 4 heteroatoms. The maximum absolute atomic E-state index is 9.20. The Balaban J connectivity index is 2.15. The molecule has 0 aromatic carbocycles. The van der Waals surface area contributed by atoms with Crippen LogP contribution in [0.3, 0.4) is 0 Å². The fourth-order valence-corrected chi connectivity index (χ4v) is 2.58. The van der Waals surface area contributed by atoms with Gasteiger partial charge in [0.05, 0.1) is 6.61 Å². The maximum Gasteiger partial charge on any atom is 0.130 e. The highest BCUT2D eigenvalue weighted by atomic mass is 16.3. The predicted octanol–water partition coefficient (Wildman–Crippen LogP) is 1.80. The summed E-state index contributed by atoms with van der Waals surface area (Å²) in [4.78, 5) is 6.57. The lowest BCUT2D eigenvalue weighted by Crippen LogP contribution is -2.39. The van der Waals surface area contributed by atoms with Crippen LogP contribution >= 0.6 is 0 Å². The summed E-state index contributed by atoms with van der Waals surface area (Å²) in [5.74, 6) is 0.894. The number of nitrogens with two attached hydrogens (primary N) is 1. The van der Waals surface area contributed by atoms with Gasteiger partial charge in [-0.25, -0.2) is 4.98 Å². The number of nitrogen functional groups attached to an aromatic ring is 1. The second-order valence-electron chi connectivity index (χ2n) is 4.66. The number of nitrogens with zero attached hydrogens (tertiary/aromatic N) is 2. The largest absolute Gasteiger partial charge is 0.399 e. The average molecular weight is 235 g/mol. The van der Waals surface area contributed by atoms with Crippen LogP contribution in [0.4, 0.5) is 11.5 Å². The highest BCUT2D eigenvalue weighted by molar-refractivity contribution is 5.50. The molecule has 3 N–H and O–H groups in total. The molecule has 2 rings (SSSR count). The molecule has 0 unspecified atom stereocenters. The van der Waals surface area contributed by atoms with Crippen LogP contribution < -0.4 is 10.6 Å². The van der Waals surface area contributed by atoms with Gasteiger partial charge in [0.1, 0.15) is 5.82 Å². The molecule has 0 bridgehead atoms. The zero-order valence-corrected chi connectivity index (χ0v) is 10.2. The van der Waals surface area contributed by atoms with Crippen LogP contribution in [0.5, 0.6) is 0 Å². The van der Waals surface area contributed by atoms with E-state index in [9.17, 15) is 5.11 Å². The molecular weight excluding hydrogens is 214 g/mol. The first kappa shape index (κ1) is 12.2. The number of aliphatic hydroxyl groups excluding tert-OH is 1. The van der Waals surface area contributed by atoms with Gasteiger partial charge in [-0.05, 0) is 18.9 Å². The van der Waals surface area contributed by atoms with Crippen molar-refractivity contribution in [3.8, 4) is 0 Å². The first-order valence-corrected chi connectivity index (χ1v) is 6.40. The molecule has 1 saturated carbocycles. The summed E-state index contributed by atoms with van der Waals surface area (Å²) in [6.07, 6.45) is 7.99. The van der Waals surface area contributed by atoms with Crippen LogP contribution in [0.15, 0.2) is 18.3 Å². The summed E-state index contributed by atoms with van der Waals surface area (Å²) in [6, 6.07) is 4.19. The third kappa shape index (κ3) is 3.09. The van der Waals surface area contributed by atoms with Crippen LogP contribution in [0, 0.1) is 0 Å². The lowest BCUT2D eigenvalue weighted by molar-refractivity contribution is 0.289. The highest BCUT2D eigenvalue weighted by Crippen LogP contribution is 2.26. The Bertz CT molecular complexity index is 350. The fraction of sp³-hybridized carbons (Fsp3) is 0.615. The van der Waals surface area contributed by atoms with E-state index in [0.717, 1.165) is 11.5 Å². The average Bonchev–Trinajstić information content (AvgIpc) is 2.37. The Morgan fingerprint density at radius 1 is 1.35 bits per heavy atom. The lowest BCUT2D eigenvalue weighted by Gasteiger charge is -2.35. The normalized spacial score (nSPS) is 17.0. The van der Waals surface area contributed by atoms with Crippen LogP contribution in [0.1, 0.15) is 32.1 Å². The van der Waals surface area contributed by atoms with Gasteiger partial charge in [0, 0.05) is 30.5 Å². The Morgan fingerprint density at radius 3 is 2.76 bits per heavy atom. The van der Waals surface area contributed by atoms with E-state index in [1.807, 2.05) is 6.07 Å². The summed E-state index contributed by atoms with van der Waals surface area (Å²) in [7, 11) is 0. The van der Waals surface area contributed by atoms with Crippen molar-refractivity contribution in [3.63, 3.8) is 0 Å². The molecule has 1 aliphatic rings. The quantitative estimate of drug-likeness (QED) is 0.835. The van der Waals surface area contributed by atoms with Crippen molar-refractivity contribution in [2.24, 2.45) is 0 Å². The molecule has 17 heavy (non-hydrogen) atoms. The van der Waals surface area contributed by atoms with Gasteiger partial charge in [-0.15, -0.1) is 0 Å². The molecule has 0 atom stereocenters. The Hall–Kier alpha value is -1.29. The molecule has 1 fully saturated rings. The first-order chi connectivity index (χ1) is 8.31. The van der Waals surface area contributed by atoms with Gasteiger partial charge in [-0.2, -0.15) is 0 Å². The second kappa shape index (κ2) is 5.87. The number of aliphatic hydroxyl groups is 1. The summed E-state index contributed by atoms with van der Waals surface area (Å²) < 4.78 is 0. The fourth-order valence-electron chi connectivity index (χ4n) is 2.58. The Labute approximate surface area is 102 Å². The molecular formula is C13H21N3O. The zero-order valence-electron chi connectivity index (χ0n) is 10.2. The van der Waals surface area contributed by atoms with E-state index in [4.69, 9.17) is 5.73 Å². The third-order valence-electron chi connectivity index (χ3n) is 3.42. The summed E-state index contributed by atoms with van der Waals surface area (Å²) in [5, 5.41) is 9.20. The third-order valence-corrected chi connectivity index (χ3v) is 3.42. The van der Waals surface area contributed by atoms with Crippen molar-refractivity contribution in [2.75, 3.05) is 23.8 Å². The molecule has 0 spiro atoms. The highest BCUT2D eigenvalue weighted by Gasteiger charge is 2.21. The van der Waals surface area contributed by atoms with E-state index in [1.54, 1.807) is 12.3 Å². The Kier molecular flexibility index (Phi) is 4.20. The number of aromatic nitrogens is 1. The van der Waals surface area contributed by atoms with Gasteiger partial charge in [-0.3, -0.25) is 0 Å². The summed E-state index contributed by atoms with van der Waals surface area (Å²) in [5.41, 5.74) is 6.52. The first-order valence-electron chi connectivity index (χ1n) is 6.40. The van der Waals surface area contributed by atoms with Crippen molar-refractivity contribution < 1.29 is 5.11 Å². The van der Waals surface area contributed by atoms with Gasteiger partial charge in [0.15, 0.2) is 0 Å². The van der Waals surface area contributed by atoms with E-state index in [1.165, 1.54) is 32.1 Å². The second-order valence-corrected chi connectivity index (χ2v) is 4.66. The molecule has 1 aliphatic carbocycles. The SMILES string of the molecule is Nc1ccnc(N(CCO)C2CCCCC2)c1. The van der Waals surface area contributed by atoms with E-state index in [2.05, 4.69) is 9.88 Å². The standard InChI is InChI=1S/C13H21N3O/c14-11-6-7-15-13(10-11)16(8-9-17)12-4-2-1-3-5-12/h6-7,10,12,17H,1-5,8-9H2,(H2,14,15). The van der Waals surface area contributed by atoms with E-state index < -0.39 is 0 Å². The molecule has 0 radical (unpaired) electrons. The smallest absolute Gasteiger partial charge is 0.130 e. The molecule has 0 saturated heterocycles. The van der Waals surface area contributed by atoms with Gasteiger partial charge in [0.25, 0.3) is 0 Å². The van der Waals surface area contributed by atoms with Crippen LogP contribution in [0.2, 0.25) is 0 Å². The van der Waals surface area contributed by atoms with Crippen molar-refractivity contribution >= 4 is 11.5 Å². The summed E-state index contributed by atoms with van der Waals surface area (Å²) in [6.45, 7) is 0.800. The van der Waals surface area contributed by atoms with Gasteiger partial charge < -0.3 is 15.7 Å². The lowest BCUT2D eigenvalue weighted by atomic mass is 9.94. The van der Waals surface area contributed by atoms with Crippen molar-refractivity contribution in [1.82, 2.24) is 4.98 Å². The number of rotatable bonds is 4. The molecule has 0 aliphatic heterocycles. The minimum absolute atomic E-state index is 0.160. The minimum atomic E-state index is 0.160. The van der Waals surface area contributed by atoms with Crippen LogP contribution in [0.25, 0.3) is 0 Å². The number of hydrogen-bond acceptors (Lipinski definition) is 4. The van der Waals surface area contributed by atoms with Crippen molar-refractivity contribution in [2.45, 2.75) is 38.1 Å². The predicted molar refractivity (Wildman–Crippen MR) is 70.0 cm³/mol. The number of hydrogen-bond donors (Lipinski definition) is 2. The van der Waals surface area contributed by atoms with Crippen molar-refractivity contribution in [3.05, 3.63) is 18.3 Å². The van der Waals surface area contributed by atoms with Crippen LogP contribution in [-0.4, -0.2) is 29.3 Å².